The average molecular weight is 350 g/mol. The van der Waals surface area contributed by atoms with Crippen LogP contribution >= 0.6 is 0 Å². The first-order valence-electron chi connectivity index (χ1n) is 6.74. The summed E-state index contributed by atoms with van der Waals surface area (Å²) < 4.78 is 61.3. The van der Waals surface area contributed by atoms with E-state index in [1.807, 2.05) is 0 Å². The Kier molecular flexibility index (Phi) is 4.90. The van der Waals surface area contributed by atoms with Gasteiger partial charge in [0.05, 0.1) is 4.90 Å². The van der Waals surface area contributed by atoms with Crippen molar-refractivity contribution < 1.29 is 21.2 Å². The minimum atomic E-state index is -3.97. The van der Waals surface area contributed by atoms with Crippen LogP contribution in [0.5, 0.6) is 0 Å². The Morgan fingerprint density at radius 3 is 2.18 bits per heavy atom. The maximum Gasteiger partial charge on any atom is 0.179 e. The third kappa shape index (κ3) is 4.03. The summed E-state index contributed by atoms with van der Waals surface area (Å²) in [6.45, 7) is 3.53. The van der Waals surface area contributed by atoms with Crippen LogP contribution in [0.3, 0.4) is 0 Å². The molecule has 0 amide bonds. The van der Waals surface area contributed by atoms with Gasteiger partial charge in [-0.1, -0.05) is 0 Å². The van der Waals surface area contributed by atoms with Crippen LogP contribution in [0, 0.1) is 5.82 Å². The number of sulfone groups is 2. The van der Waals surface area contributed by atoms with Crippen molar-refractivity contribution in [2.75, 3.05) is 38.7 Å². The van der Waals surface area contributed by atoms with Gasteiger partial charge in [-0.3, -0.25) is 4.90 Å². The number of hydrogen-bond donors (Lipinski definition) is 1. The molecule has 22 heavy (non-hydrogen) atoms. The molecule has 0 saturated carbocycles. The average Bonchev–Trinajstić information content (AvgIpc) is 2.36. The van der Waals surface area contributed by atoms with Crippen LogP contribution in [0.2, 0.25) is 0 Å². The van der Waals surface area contributed by atoms with Crippen LogP contribution in [-0.4, -0.2) is 60.4 Å². The molecule has 1 N–H and O–H groups in total. The lowest BCUT2D eigenvalue weighted by molar-refractivity contribution is 0.232. The van der Waals surface area contributed by atoms with E-state index in [1.165, 1.54) is 6.07 Å². The lowest BCUT2D eigenvalue weighted by atomic mass is 10.2. The van der Waals surface area contributed by atoms with Crippen molar-refractivity contribution in [1.82, 2.24) is 10.2 Å². The van der Waals surface area contributed by atoms with Crippen LogP contribution in [0.1, 0.15) is 5.56 Å². The van der Waals surface area contributed by atoms with Crippen LogP contribution in [-0.2, 0) is 26.2 Å². The molecule has 0 aliphatic carbocycles. The van der Waals surface area contributed by atoms with E-state index < -0.39 is 35.3 Å². The standard InChI is InChI=1S/C13H19FN2O4S2/c1-21(17,18)12-8-10(9-16-5-3-15-4-6-16)7-11(14)13(12)22(2,19)20/h7-8,15H,3-6,9H2,1-2H3. The van der Waals surface area contributed by atoms with Crippen LogP contribution < -0.4 is 5.32 Å². The normalized spacial score (nSPS) is 17.6. The molecule has 124 valence electrons. The highest BCUT2D eigenvalue weighted by Gasteiger charge is 2.26. The molecular weight excluding hydrogens is 331 g/mol. The van der Waals surface area contributed by atoms with Gasteiger partial charge in [-0.2, -0.15) is 0 Å². The quantitative estimate of drug-likeness (QED) is 0.825. The topological polar surface area (TPSA) is 83.6 Å². The number of piperazine rings is 1. The molecule has 0 spiro atoms. The van der Waals surface area contributed by atoms with E-state index >= 15 is 0 Å². The van der Waals surface area contributed by atoms with Crippen molar-refractivity contribution in [2.45, 2.75) is 16.3 Å². The smallest absolute Gasteiger partial charge is 0.179 e. The summed E-state index contributed by atoms with van der Waals surface area (Å²) in [6, 6.07) is 2.37. The van der Waals surface area contributed by atoms with Crippen LogP contribution in [0.4, 0.5) is 4.39 Å². The molecule has 1 aliphatic rings. The zero-order valence-electron chi connectivity index (χ0n) is 12.5. The molecule has 0 radical (unpaired) electrons. The fourth-order valence-electron chi connectivity index (χ4n) is 2.48. The second kappa shape index (κ2) is 6.23. The number of nitrogens with zero attached hydrogens (tertiary/aromatic N) is 1. The highest BCUT2D eigenvalue weighted by Crippen LogP contribution is 2.26. The van der Waals surface area contributed by atoms with Crippen molar-refractivity contribution >= 4 is 19.7 Å². The molecule has 1 aliphatic heterocycles. The first-order chi connectivity index (χ1) is 10.1. The number of halogens is 1. The van der Waals surface area contributed by atoms with E-state index in [1.54, 1.807) is 0 Å². The summed E-state index contributed by atoms with van der Waals surface area (Å²) in [6.07, 6.45) is 1.68. The van der Waals surface area contributed by atoms with E-state index in [0.717, 1.165) is 44.8 Å². The Balaban J connectivity index is 2.49. The van der Waals surface area contributed by atoms with Crippen molar-refractivity contribution in [3.05, 3.63) is 23.5 Å². The number of rotatable bonds is 4. The molecule has 0 aromatic heterocycles. The summed E-state index contributed by atoms with van der Waals surface area (Å²) >= 11 is 0. The number of hydrogen-bond acceptors (Lipinski definition) is 6. The van der Waals surface area contributed by atoms with E-state index in [4.69, 9.17) is 0 Å². The maximum atomic E-state index is 14.2. The highest BCUT2D eigenvalue weighted by molar-refractivity contribution is 7.93. The second-order valence-corrected chi connectivity index (χ2v) is 9.41. The fourth-order valence-corrected chi connectivity index (χ4v) is 5.02. The van der Waals surface area contributed by atoms with Gasteiger partial charge < -0.3 is 5.32 Å². The molecule has 0 atom stereocenters. The van der Waals surface area contributed by atoms with Crippen molar-refractivity contribution in [2.24, 2.45) is 0 Å². The monoisotopic (exact) mass is 350 g/mol. The fraction of sp³-hybridized carbons (Fsp3) is 0.538. The molecular formula is C13H19FN2O4S2. The Bertz CT molecular complexity index is 769. The van der Waals surface area contributed by atoms with Crippen LogP contribution in [0.25, 0.3) is 0 Å². The minimum Gasteiger partial charge on any atom is -0.314 e. The van der Waals surface area contributed by atoms with Gasteiger partial charge >= 0.3 is 0 Å². The van der Waals surface area contributed by atoms with Crippen LogP contribution in [0.15, 0.2) is 21.9 Å². The van der Waals surface area contributed by atoms with Gasteiger partial charge in [0, 0.05) is 45.2 Å². The first kappa shape index (κ1) is 17.3. The Hall–Kier alpha value is -1.03. The number of benzene rings is 1. The predicted octanol–water partition coefficient (Wildman–Crippen LogP) is 0.0379. The lowest BCUT2D eigenvalue weighted by Gasteiger charge is -2.27. The number of nitrogens with one attached hydrogen (secondary N) is 1. The molecule has 1 fully saturated rings. The van der Waals surface area contributed by atoms with E-state index in [0.29, 0.717) is 12.1 Å². The van der Waals surface area contributed by atoms with Gasteiger partial charge in [-0.25, -0.2) is 21.2 Å². The first-order valence-corrected chi connectivity index (χ1v) is 10.5. The molecule has 9 heteroatoms. The molecule has 6 nitrogen and oxygen atoms in total. The zero-order chi connectivity index (χ0) is 16.5. The summed E-state index contributed by atoms with van der Waals surface area (Å²) in [5, 5.41) is 3.19. The van der Waals surface area contributed by atoms with Gasteiger partial charge in [-0.05, 0) is 17.7 Å². The highest BCUT2D eigenvalue weighted by atomic mass is 32.2. The summed E-state index contributed by atoms with van der Waals surface area (Å²) in [5.41, 5.74) is 0.451. The van der Waals surface area contributed by atoms with Crippen molar-refractivity contribution in [3.8, 4) is 0 Å². The SMILES string of the molecule is CS(=O)(=O)c1cc(CN2CCNCC2)cc(F)c1S(C)(=O)=O. The second-order valence-electron chi connectivity index (χ2n) is 5.48. The maximum absolute atomic E-state index is 14.2. The van der Waals surface area contributed by atoms with Crippen molar-refractivity contribution in [3.63, 3.8) is 0 Å². The van der Waals surface area contributed by atoms with Gasteiger partial charge in [-0.15, -0.1) is 0 Å². The summed E-state index contributed by atoms with van der Waals surface area (Å²) in [4.78, 5) is 0.830. The third-order valence-corrected chi connectivity index (χ3v) is 5.86. The third-order valence-electron chi connectivity index (χ3n) is 3.46. The zero-order valence-corrected chi connectivity index (χ0v) is 14.1. The van der Waals surface area contributed by atoms with Gasteiger partial charge in [0.2, 0.25) is 0 Å². The van der Waals surface area contributed by atoms with Crippen molar-refractivity contribution in [1.29, 1.82) is 0 Å². The Morgan fingerprint density at radius 2 is 1.68 bits per heavy atom. The van der Waals surface area contributed by atoms with E-state index in [9.17, 15) is 21.2 Å². The minimum absolute atomic E-state index is 0.380. The summed E-state index contributed by atoms with van der Waals surface area (Å²) in [7, 11) is -7.83. The van der Waals surface area contributed by atoms with Gasteiger partial charge in [0.25, 0.3) is 0 Å². The Labute approximate surface area is 130 Å². The predicted molar refractivity (Wildman–Crippen MR) is 80.8 cm³/mol. The molecule has 1 saturated heterocycles. The van der Waals surface area contributed by atoms with E-state index in [-0.39, 0.29) is 0 Å². The molecule has 2 rings (SSSR count). The van der Waals surface area contributed by atoms with Gasteiger partial charge in [0.15, 0.2) is 19.7 Å². The van der Waals surface area contributed by atoms with Gasteiger partial charge in [0.1, 0.15) is 10.7 Å². The molecule has 1 aromatic rings. The molecule has 1 aromatic carbocycles. The Morgan fingerprint density at radius 1 is 1.09 bits per heavy atom. The summed E-state index contributed by atoms with van der Waals surface area (Å²) in [5.74, 6) is -1.02. The molecule has 0 bridgehead atoms. The molecule has 0 unspecified atom stereocenters. The molecule has 1 heterocycles. The lowest BCUT2D eigenvalue weighted by Crippen LogP contribution is -2.42. The largest absolute Gasteiger partial charge is 0.314 e. The van der Waals surface area contributed by atoms with E-state index in [2.05, 4.69) is 10.2 Å².